The quantitative estimate of drug-likeness (QED) is 0.260. The topological polar surface area (TPSA) is 79.5 Å². The third kappa shape index (κ3) is 4.82. The van der Waals surface area contributed by atoms with Crippen LogP contribution in [0.5, 0.6) is 6.01 Å². The van der Waals surface area contributed by atoms with Crippen LogP contribution in [0, 0.1) is 18.6 Å². The monoisotopic (exact) mass is 640 g/mol. The van der Waals surface area contributed by atoms with Gasteiger partial charge in [0.25, 0.3) is 0 Å². The van der Waals surface area contributed by atoms with E-state index in [2.05, 4.69) is 20.2 Å². The van der Waals surface area contributed by atoms with Gasteiger partial charge in [-0.25, -0.2) is 13.2 Å². The Morgan fingerprint density at radius 1 is 1.09 bits per heavy atom. The van der Waals surface area contributed by atoms with Crippen molar-refractivity contribution in [2.24, 2.45) is 0 Å². The van der Waals surface area contributed by atoms with Crippen LogP contribution in [-0.4, -0.2) is 71.4 Å². The minimum absolute atomic E-state index is 0.0640. The lowest BCUT2D eigenvalue weighted by atomic mass is 9.92. The number of aromatic nitrogens is 2. The number of alkyl halides is 4. The van der Waals surface area contributed by atoms with Crippen molar-refractivity contribution < 1.29 is 31.1 Å². The first-order valence-corrected chi connectivity index (χ1v) is 15.1. The molecule has 7 nitrogen and oxygen atoms in total. The molecule has 3 N–H and O–H groups in total. The first-order chi connectivity index (χ1) is 20.8. The van der Waals surface area contributed by atoms with Crippen molar-refractivity contribution in [2.45, 2.75) is 69.0 Å². The Morgan fingerprint density at radius 2 is 1.82 bits per heavy atom. The third-order valence-corrected chi connectivity index (χ3v) is 9.91. The number of nitrogens with zero attached hydrogens (tertiary/aromatic N) is 4. The van der Waals surface area contributed by atoms with Crippen molar-refractivity contribution in [1.29, 1.82) is 0 Å². The van der Waals surface area contributed by atoms with Gasteiger partial charge in [-0.3, -0.25) is 4.90 Å². The molecule has 0 radical (unpaired) electrons. The SMILES string of the molecule is Cc1cc(N)c(F)c(-c2c(Cl)cc3c(N4CC5CCC(C4)N5)nc(OCC45CCCN4CC(F)C5)nc3c2F)c1C(F)(F)F. The van der Waals surface area contributed by atoms with Gasteiger partial charge in [0, 0.05) is 54.7 Å². The summed E-state index contributed by atoms with van der Waals surface area (Å²) in [7, 11) is 0. The molecule has 4 unspecified atom stereocenters. The fraction of sp³-hybridized carbons (Fsp3) is 0.533. The van der Waals surface area contributed by atoms with Gasteiger partial charge in [0.05, 0.1) is 21.8 Å². The highest BCUT2D eigenvalue weighted by atomic mass is 35.5. The zero-order valence-corrected chi connectivity index (χ0v) is 24.6. The summed E-state index contributed by atoms with van der Waals surface area (Å²) in [5.41, 5.74) is 0.596. The molecule has 0 amide bonds. The van der Waals surface area contributed by atoms with Gasteiger partial charge in [-0.1, -0.05) is 11.6 Å². The first-order valence-electron chi connectivity index (χ1n) is 14.7. The molecule has 44 heavy (non-hydrogen) atoms. The van der Waals surface area contributed by atoms with Crippen LogP contribution in [-0.2, 0) is 6.18 Å². The smallest absolute Gasteiger partial charge is 0.417 e. The van der Waals surface area contributed by atoms with Gasteiger partial charge in [-0.2, -0.15) is 23.1 Å². The molecule has 7 rings (SSSR count). The zero-order chi connectivity index (χ0) is 31.1. The predicted octanol–water partition coefficient (Wildman–Crippen LogP) is 6.03. The van der Waals surface area contributed by atoms with Crippen LogP contribution < -0.4 is 20.7 Å². The van der Waals surface area contributed by atoms with Crippen LogP contribution in [0.2, 0.25) is 5.02 Å². The number of aryl methyl sites for hydroxylation is 1. The van der Waals surface area contributed by atoms with Crippen LogP contribution in [0.1, 0.15) is 43.2 Å². The van der Waals surface area contributed by atoms with Gasteiger partial charge in [0.15, 0.2) is 11.6 Å². The Balaban J connectivity index is 1.40. The maximum Gasteiger partial charge on any atom is 0.417 e. The van der Waals surface area contributed by atoms with Gasteiger partial charge in [-0.15, -0.1) is 0 Å². The maximum atomic E-state index is 16.6. The van der Waals surface area contributed by atoms with Crippen LogP contribution in [0.15, 0.2) is 12.1 Å². The molecule has 5 heterocycles. The standard InChI is InChI=1S/C30H31ClF6N6O/c1-14-7-20(38)24(33)22(23(14)30(35,36)37)21-19(31)8-18-26(25(21)34)40-28(41-27(18)42-11-16-3-4-17(12-42)39-16)44-13-29-5-2-6-43(29)10-15(32)9-29/h7-8,15-17,39H,2-6,9-13,38H2,1H3. The van der Waals surface area contributed by atoms with Crippen LogP contribution >= 0.6 is 11.6 Å². The molecule has 0 spiro atoms. The molecule has 2 bridgehead atoms. The molecule has 1 aromatic heterocycles. The molecule has 3 aromatic rings. The minimum Gasteiger partial charge on any atom is -0.461 e. The van der Waals surface area contributed by atoms with Crippen molar-refractivity contribution in [3.63, 3.8) is 0 Å². The lowest BCUT2D eigenvalue weighted by Gasteiger charge is -2.35. The number of piperazine rings is 1. The highest BCUT2D eigenvalue weighted by Gasteiger charge is 2.49. The van der Waals surface area contributed by atoms with E-state index in [1.54, 1.807) is 0 Å². The lowest BCUT2D eigenvalue weighted by Crippen LogP contribution is -2.51. The maximum absolute atomic E-state index is 16.6. The molecule has 4 aliphatic rings. The number of rotatable bonds is 5. The number of hydrogen-bond acceptors (Lipinski definition) is 7. The second-order valence-corrected chi connectivity index (χ2v) is 12.9. The van der Waals surface area contributed by atoms with E-state index in [1.807, 2.05) is 4.90 Å². The molecule has 0 aliphatic carbocycles. The van der Waals surface area contributed by atoms with E-state index >= 15 is 8.78 Å². The summed E-state index contributed by atoms with van der Waals surface area (Å²) in [5.74, 6) is -2.37. The molecule has 2 aromatic carbocycles. The summed E-state index contributed by atoms with van der Waals surface area (Å²) in [6.45, 7) is 3.32. The van der Waals surface area contributed by atoms with Crippen LogP contribution in [0.3, 0.4) is 0 Å². The van der Waals surface area contributed by atoms with Gasteiger partial charge >= 0.3 is 12.2 Å². The highest BCUT2D eigenvalue weighted by molar-refractivity contribution is 6.34. The van der Waals surface area contributed by atoms with E-state index < -0.39 is 56.9 Å². The zero-order valence-electron chi connectivity index (χ0n) is 23.9. The van der Waals surface area contributed by atoms with E-state index in [9.17, 15) is 17.6 Å². The van der Waals surface area contributed by atoms with E-state index in [4.69, 9.17) is 22.1 Å². The van der Waals surface area contributed by atoms with Gasteiger partial charge < -0.3 is 20.7 Å². The van der Waals surface area contributed by atoms with Gasteiger partial charge in [0.1, 0.15) is 24.1 Å². The Bertz CT molecular complexity index is 1640. The van der Waals surface area contributed by atoms with Crippen LogP contribution in [0.4, 0.5) is 37.8 Å². The number of anilines is 2. The molecular weight excluding hydrogens is 610 g/mol. The lowest BCUT2D eigenvalue weighted by molar-refractivity contribution is -0.137. The van der Waals surface area contributed by atoms with E-state index in [-0.39, 0.29) is 47.6 Å². The third-order valence-electron chi connectivity index (χ3n) is 9.61. The van der Waals surface area contributed by atoms with E-state index in [1.165, 1.54) is 6.07 Å². The molecule has 4 atom stereocenters. The molecule has 4 aliphatic heterocycles. The number of nitrogens with two attached hydrogens (primary N) is 1. The fourth-order valence-electron chi connectivity index (χ4n) is 7.73. The Kier molecular flexibility index (Phi) is 7.09. The van der Waals surface area contributed by atoms with Crippen molar-refractivity contribution in [1.82, 2.24) is 20.2 Å². The number of fused-ring (bicyclic) bond motifs is 4. The number of nitrogen functional groups attached to an aromatic ring is 1. The predicted molar refractivity (Wildman–Crippen MR) is 155 cm³/mol. The normalized spacial score (nSPS) is 27.0. The van der Waals surface area contributed by atoms with Crippen molar-refractivity contribution >= 4 is 34.0 Å². The Labute approximate surface area is 254 Å². The van der Waals surface area contributed by atoms with Crippen LogP contribution in [0.25, 0.3) is 22.0 Å². The highest BCUT2D eigenvalue weighted by Crippen LogP contribution is 2.48. The van der Waals surface area contributed by atoms with E-state index in [0.29, 0.717) is 25.5 Å². The average molecular weight is 641 g/mol. The number of hydrogen-bond donors (Lipinski definition) is 2. The molecule has 4 saturated heterocycles. The number of nitrogens with one attached hydrogen (secondary N) is 1. The average Bonchev–Trinajstić information content (AvgIpc) is 3.59. The molecular formula is C30H31ClF6N6O. The number of ether oxygens (including phenoxy) is 1. The summed E-state index contributed by atoms with van der Waals surface area (Å²) in [5, 5.41) is 3.23. The second-order valence-electron chi connectivity index (χ2n) is 12.5. The molecule has 236 valence electrons. The molecule has 14 heteroatoms. The minimum atomic E-state index is -5.04. The summed E-state index contributed by atoms with van der Waals surface area (Å²) in [6, 6.07) is 2.28. The molecule has 0 saturated carbocycles. The fourth-order valence-corrected chi connectivity index (χ4v) is 8.02. The number of benzene rings is 2. The summed E-state index contributed by atoms with van der Waals surface area (Å²) in [6.07, 6.45) is -2.24. The van der Waals surface area contributed by atoms with Gasteiger partial charge in [-0.05, 0) is 56.8 Å². The van der Waals surface area contributed by atoms with Crippen molar-refractivity contribution in [3.05, 3.63) is 39.9 Å². The van der Waals surface area contributed by atoms with Gasteiger partial charge in [0.2, 0.25) is 0 Å². The summed E-state index contributed by atoms with van der Waals surface area (Å²) in [4.78, 5) is 13.0. The Morgan fingerprint density at radius 3 is 2.52 bits per heavy atom. The summed E-state index contributed by atoms with van der Waals surface area (Å²) < 4.78 is 95.3. The number of halogens is 7. The Hall–Kier alpha value is -3.03. The second kappa shape index (κ2) is 10.5. The first kappa shape index (κ1) is 29.7. The van der Waals surface area contributed by atoms with Crippen molar-refractivity contribution in [2.75, 3.05) is 43.4 Å². The van der Waals surface area contributed by atoms with Crippen molar-refractivity contribution in [3.8, 4) is 17.1 Å². The summed E-state index contributed by atoms with van der Waals surface area (Å²) >= 11 is 6.51. The molecule has 4 fully saturated rings. The largest absolute Gasteiger partial charge is 0.461 e. The van der Waals surface area contributed by atoms with E-state index in [0.717, 1.165) is 45.2 Å².